The highest BCUT2D eigenvalue weighted by Gasteiger charge is 2.47. The Morgan fingerprint density at radius 3 is 2.72 bits per heavy atom. The zero-order chi connectivity index (χ0) is 12.8. The van der Waals surface area contributed by atoms with Crippen LogP contribution >= 0.6 is 15.9 Å². The molecule has 0 bridgehead atoms. The monoisotopic (exact) mass is 309 g/mol. The molecule has 0 amide bonds. The van der Waals surface area contributed by atoms with Gasteiger partial charge in [-0.2, -0.15) is 0 Å². The Morgan fingerprint density at radius 1 is 1.44 bits per heavy atom. The van der Waals surface area contributed by atoms with Crippen molar-refractivity contribution in [3.63, 3.8) is 0 Å². The van der Waals surface area contributed by atoms with Gasteiger partial charge in [0.05, 0.1) is 11.1 Å². The Balaban J connectivity index is 1.81. The van der Waals surface area contributed by atoms with Crippen LogP contribution in [0.4, 0.5) is 0 Å². The van der Waals surface area contributed by atoms with Crippen molar-refractivity contribution < 1.29 is 4.74 Å². The van der Waals surface area contributed by atoms with Gasteiger partial charge >= 0.3 is 0 Å². The average Bonchev–Trinajstić information content (AvgIpc) is 3.22. The van der Waals surface area contributed by atoms with Crippen LogP contribution in [0, 0.1) is 5.92 Å². The van der Waals surface area contributed by atoms with Gasteiger partial charge in [-0.15, -0.1) is 0 Å². The van der Waals surface area contributed by atoms with Crippen molar-refractivity contribution in [3.8, 4) is 5.75 Å². The van der Waals surface area contributed by atoms with E-state index in [4.69, 9.17) is 10.5 Å². The maximum atomic E-state index is 6.13. The molecule has 3 heteroatoms. The Hall–Kier alpha value is -0.540. The minimum atomic E-state index is 0.207. The summed E-state index contributed by atoms with van der Waals surface area (Å²) in [5.41, 5.74) is 7.68. The minimum absolute atomic E-state index is 0.207. The molecule has 0 spiro atoms. The first-order chi connectivity index (χ1) is 8.62. The molecule has 98 valence electrons. The fraction of sp³-hybridized carbons (Fsp3) is 0.600. The van der Waals surface area contributed by atoms with Crippen molar-refractivity contribution in [1.82, 2.24) is 0 Å². The quantitative estimate of drug-likeness (QED) is 0.901. The topological polar surface area (TPSA) is 35.2 Å². The van der Waals surface area contributed by atoms with Gasteiger partial charge in [0.15, 0.2) is 0 Å². The SMILES string of the molecule is CC(N)C1(c2ccc(Br)c(OCC3CC3)c2)CC1. The lowest BCUT2D eigenvalue weighted by molar-refractivity contribution is 0.297. The number of halogens is 1. The Kier molecular flexibility index (Phi) is 3.15. The lowest BCUT2D eigenvalue weighted by Gasteiger charge is -2.21. The fourth-order valence-electron chi connectivity index (χ4n) is 2.56. The molecule has 2 N–H and O–H groups in total. The number of nitrogens with two attached hydrogens (primary N) is 1. The number of benzene rings is 1. The van der Waals surface area contributed by atoms with Crippen LogP contribution in [0.15, 0.2) is 22.7 Å². The van der Waals surface area contributed by atoms with Gasteiger partial charge < -0.3 is 10.5 Å². The number of ether oxygens (including phenoxy) is 1. The van der Waals surface area contributed by atoms with Crippen LogP contribution < -0.4 is 10.5 Å². The third kappa shape index (κ3) is 2.30. The molecule has 1 atom stereocenters. The van der Waals surface area contributed by atoms with Gasteiger partial charge in [-0.05, 0) is 72.2 Å². The van der Waals surface area contributed by atoms with Crippen molar-refractivity contribution in [3.05, 3.63) is 28.2 Å². The molecule has 1 aromatic carbocycles. The van der Waals surface area contributed by atoms with Crippen LogP contribution in [-0.2, 0) is 5.41 Å². The molecule has 0 heterocycles. The largest absolute Gasteiger partial charge is 0.492 e. The predicted molar refractivity (Wildman–Crippen MR) is 76.9 cm³/mol. The summed E-state index contributed by atoms with van der Waals surface area (Å²) in [5, 5.41) is 0. The number of rotatable bonds is 5. The van der Waals surface area contributed by atoms with Crippen molar-refractivity contribution in [1.29, 1.82) is 0 Å². The molecule has 0 radical (unpaired) electrons. The van der Waals surface area contributed by atoms with Crippen LogP contribution in [0.1, 0.15) is 38.2 Å². The molecule has 0 aliphatic heterocycles. The summed E-state index contributed by atoms with van der Waals surface area (Å²) in [4.78, 5) is 0. The summed E-state index contributed by atoms with van der Waals surface area (Å²) < 4.78 is 6.96. The number of hydrogen-bond acceptors (Lipinski definition) is 2. The van der Waals surface area contributed by atoms with E-state index in [1.165, 1.54) is 31.2 Å². The summed E-state index contributed by atoms with van der Waals surface area (Å²) >= 11 is 3.57. The van der Waals surface area contributed by atoms with Crippen molar-refractivity contribution in [2.45, 2.75) is 44.1 Å². The van der Waals surface area contributed by atoms with Crippen LogP contribution in [0.2, 0.25) is 0 Å². The first-order valence-electron chi connectivity index (χ1n) is 6.80. The second-order valence-electron chi connectivity index (χ2n) is 5.84. The van der Waals surface area contributed by atoms with Gasteiger partial charge in [0.25, 0.3) is 0 Å². The normalized spacial score (nSPS) is 22.6. The van der Waals surface area contributed by atoms with Crippen LogP contribution in [0.3, 0.4) is 0 Å². The smallest absolute Gasteiger partial charge is 0.133 e. The maximum Gasteiger partial charge on any atom is 0.133 e. The molecule has 2 saturated carbocycles. The standard InChI is InChI=1S/C15H20BrNO/c1-10(17)15(6-7-15)12-4-5-13(16)14(8-12)18-9-11-2-3-11/h4-5,8,10-11H,2-3,6-7,9,17H2,1H3. The highest BCUT2D eigenvalue weighted by Crippen LogP contribution is 2.51. The van der Waals surface area contributed by atoms with Gasteiger partial charge in [0.1, 0.15) is 5.75 Å². The van der Waals surface area contributed by atoms with Gasteiger partial charge in [0, 0.05) is 11.5 Å². The third-order valence-electron chi connectivity index (χ3n) is 4.34. The van der Waals surface area contributed by atoms with Gasteiger partial charge in [-0.25, -0.2) is 0 Å². The van der Waals surface area contributed by atoms with E-state index in [0.717, 1.165) is 22.7 Å². The summed E-state index contributed by atoms with van der Waals surface area (Å²) in [6, 6.07) is 6.68. The van der Waals surface area contributed by atoms with E-state index in [2.05, 4.69) is 41.1 Å². The molecular formula is C15H20BrNO. The average molecular weight is 310 g/mol. The van der Waals surface area contributed by atoms with E-state index in [0.29, 0.717) is 0 Å². The predicted octanol–water partition coefficient (Wildman–Crippen LogP) is 3.62. The molecule has 2 fully saturated rings. The van der Waals surface area contributed by atoms with Crippen molar-refractivity contribution >= 4 is 15.9 Å². The molecule has 0 aromatic heterocycles. The fourth-order valence-corrected chi connectivity index (χ4v) is 2.92. The van der Waals surface area contributed by atoms with Gasteiger partial charge in [-0.1, -0.05) is 6.07 Å². The summed E-state index contributed by atoms with van der Waals surface area (Å²) in [5.74, 6) is 1.76. The zero-order valence-corrected chi connectivity index (χ0v) is 12.4. The molecule has 1 unspecified atom stereocenters. The molecular weight excluding hydrogens is 290 g/mol. The second kappa shape index (κ2) is 4.53. The highest BCUT2D eigenvalue weighted by molar-refractivity contribution is 9.10. The van der Waals surface area contributed by atoms with Crippen LogP contribution in [0.5, 0.6) is 5.75 Å². The number of hydrogen-bond donors (Lipinski definition) is 1. The van der Waals surface area contributed by atoms with Crippen molar-refractivity contribution in [2.24, 2.45) is 11.7 Å². The maximum absolute atomic E-state index is 6.13. The van der Waals surface area contributed by atoms with Gasteiger partial charge in [-0.3, -0.25) is 0 Å². The highest BCUT2D eigenvalue weighted by atomic mass is 79.9. The lowest BCUT2D eigenvalue weighted by Crippen LogP contribution is -2.31. The summed E-state index contributed by atoms with van der Waals surface area (Å²) in [7, 11) is 0. The first-order valence-corrected chi connectivity index (χ1v) is 7.59. The van der Waals surface area contributed by atoms with Crippen molar-refractivity contribution in [2.75, 3.05) is 6.61 Å². The molecule has 2 nitrogen and oxygen atoms in total. The Bertz CT molecular complexity index is 450. The van der Waals surface area contributed by atoms with E-state index in [1.54, 1.807) is 0 Å². The summed E-state index contributed by atoms with van der Waals surface area (Å²) in [6.07, 6.45) is 5.05. The molecule has 2 aliphatic rings. The van der Waals surface area contributed by atoms with Crippen LogP contribution in [0.25, 0.3) is 0 Å². The lowest BCUT2D eigenvalue weighted by atomic mass is 9.89. The zero-order valence-electron chi connectivity index (χ0n) is 10.8. The Morgan fingerprint density at radius 2 is 2.17 bits per heavy atom. The van der Waals surface area contributed by atoms with Crippen LogP contribution in [-0.4, -0.2) is 12.6 Å². The molecule has 3 rings (SSSR count). The Labute approximate surface area is 117 Å². The van der Waals surface area contributed by atoms with Gasteiger partial charge in [0.2, 0.25) is 0 Å². The third-order valence-corrected chi connectivity index (χ3v) is 4.99. The summed E-state index contributed by atoms with van der Waals surface area (Å²) in [6.45, 7) is 2.97. The van der Waals surface area contributed by atoms with E-state index >= 15 is 0 Å². The molecule has 2 aliphatic carbocycles. The molecule has 18 heavy (non-hydrogen) atoms. The van der Waals surface area contributed by atoms with E-state index in [-0.39, 0.29) is 11.5 Å². The van der Waals surface area contributed by atoms with E-state index < -0.39 is 0 Å². The second-order valence-corrected chi connectivity index (χ2v) is 6.70. The minimum Gasteiger partial charge on any atom is -0.492 e. The van der Waals surface area contributed by atoms with E-state index in [1.807, 2.05) is 0 Å². The molecule has 0 saturated heterocycles. The molecule has 1 aromatic rings. The van der Waals surface area contributed by atoms with E-state index in [9.17, 15) is 0 Å². The first kappa shape index (κ1) is 12.5.